The highest BCUT2D eigenvalue weighted by atomic mass is 14.7. The average molecular weight is 262 g/mol. The van der Waals surface area contributed by atoms with Crippen LogP contribution in [-0.2, 0) is 6.42 Å². The van der Waals surface area contributed by atoms with Crippen molar-refractivity contribution in [1.29, 1.82) is 0 Å². The van der Waals surface area contributed by atoms with Crippen LogP contribution >= 0.6 is 0 Å². The predicted octanol–water partition coefficient (Wildman–Crippen LogP) is 3.79. The third-order valence-electron chi connectivity index (χ3n) is 3.75. The maximum absolute atomic E-state index is 6.33. The molecule has 0 saturated carbocycles. The van der Waals surface area contributed by atoms with Crippen LogP contribution in [0.25, 0.3) is 10.8 Å². The maximum Gasteiger partial charge on any atom is 0.0353 e. The monoisotopic (exact) mass is 262 g/mol. The summed E-state index contributed by atoms with van der Waals surface area (Å²) in [7, 11) is 0. The number of aromatic nitrogens is 1. The van der Waals surface area contributed by atoms with Crippen LogP contribution in [0.15, 0.2) is 60.9 Å². The maximum atomic E-state index is 6.33. The second kappa shape index (κ2) is 5.43. The first-order valence-corrected chi connectivity index (χ1v) is 6.88. The molecule has 3 rings (SSSR count). The summed E-state index contributed by atoms with van der Waals surface area (Å²) in [4.78, 5) is 4.18. The molecule has 1 aromatic heterocycles. The molecular weight excluding hydrogens is 244 g/mol. The van der Waals surface area contributed by atoms with E-state index in [0.29, 0.717) is 0 Å². The van der Waals surface area contributed by atoms with Crippen LogP contribution in [0.1, 0.15) is 22.7 Å². The van der Waals surface area contributed by atoms with Gasteiger partial charge in [-0.25, -0.2) is 0 Å². The standard InChI is InChI=1S/C18H18N2/c1-13-8-9-20-12-17(13)18(19)11-14-6-7-15-4-2-3-5-16(15)10-14/h2-10,12,18H,11,19H2,1H3. The average Bonchev–Trinajstić information content (AvgIpc) is 2.47. The summed E-state index contributed by atoms with van der Waals surface area (Å²) in [6, 6.07) is 16.9. The second-order valence-corrected chi connectivity index (χ2v) is 5.22. The van der Waals surface area contributed by atoms with Gasteiger partial charge in [0.2, 0.25) is 0 Å². The van der Waals surface area contributed by atoms with Gasteiger partial charge >= 0.3 is 0 Å². The molecule has 0 aliphatic heterocycles. The van der Waals surface area contributed by atoms with E-state index in [0.717, 1.165) is 12.0 Å². The van der Waals surface area contributed by atoms with E-state index in [-0.39, 0.29) is 6.04 Å². The van der Waals surface area contributed by atoms with Crippen molar-refractivity contribution in [3.8, 4) is 0 Å². The molecule has 20 heavy (non-hydrogen) atoms. The molecule has 0 aliphatic rings. The molecule has 1 unspecified atom stereocenters. The van der Waals surface area contributed by atoms with Gasteiger partial charge in [0.15, 0.2) is 0 Å². The Kier molecular flexibility index (Phi) is 3.48. The van der Waals surface area contributed by atoms with Gasteiger partial charge in [0.25, 0.3) is 0 Å². The van der Waals surface area contributed by atoms with Crippen molar-refractivity contribution in [3.05, 3.63) is 77.6 Å². The van der Waals surface area contributed by atoms with Crippen LogP contribution in [0.5, 0.6) is 0 Å². The Balaban J connectivity index is 1.87. The Morgan fingerprint density at radius 2 is 1.85 bits per heavy atom. The van der Waals surface area contributed by atoms with Gasteiger partial charge in [-0.1, -0.05) is 42.5 Å². The number of nitrogens with two attached hydrogens (primary N) is 1. The van der Waals surface area contributed by atoms with Gasteiger partial charge < -0.3 is 5.73 Å². The molecule has 2 heteroatoms. The lowest BCUT2D eigenvalue weighted by atomic mass is 9.96. The van der Waals surface area contributed by atoms with Crippen molar-refractivity contribution in [1.82, 2.24) is 4.98 Å². The van der Waals surface area contributed by atoms with E-state index in [2.05, 4.69) is 54.4 Å². The highest BCUT2D eigenvalue weighted by Crippen LogP contribution is 2.21. The summed E-state index contributed by atoms with van der Waals surface area (Å²) < 4.78 is 0. The summed E-state index contributed by atoms with van der Waals surface area (Å²) in [5, 5.41) is 2.53. The highest BCUT2D eigenvalue weighted by molar-refractivity contribution is 5.83. The molecule has 2 nitrogen and oxygen atoms in total. The number of hydrogen-bond donors (Lipinski definition) is 1. The van der Waals surface area contributed by atoms with E-state index in [4.69, 9.17) is 5.73 Å². The largest absolute Gasteiger partial charge is 0.324 e. The van der Waals surface area contributed by atoms with E-state index in [1.165, 1.54) is 21.9 Å². The minimum atomic E-state index is -0.00939. The van der Waals surface area contributed by atoms with Crippen molar-refractivity contribution < 1.29 is 0 Å². The first-order valence-electron chi connectivity index (χ1n) is 6.88. The van der Waals surface area contributed by atoms with Crippen LogP contribution < -0.4 is 5.73 Å². The lowest BCUT2D eigenvalue weighted by Gasteiger charge is -2.14. The van der Waals surface area contributed by atoms with Gasteiger partial charge in [-0.3, -0.25) is 4.98 Å². The fraction of sp³-hybridized carbons (Fsp3) is 0.167. The Bertz CT molecular complexity index is 734. The van der Waals surface area contributed by atoms with Crippen molar-refractivity contribution >= 4 is 10.8 Å². The molecule has 1 atom stereocenters. The zero-order chi connectivity index (χ0) is 13.9. The highest BCUT2D eigenvalue weighted by Gasteiger charge is 2.10. The van der Waals surface area contributed by atoms with Crippen LogP contribution in [0.4, 0.5) is 0 Å². The van der Waals surface area contributed by atoms with Gasteiger partial charge in [-0.05, 0) is 46.9 Å². The predicted molar refractivity (Wildman–Crippen MR) is 83.6 cm³/mol. The zero-order valence-corrected chi connectivity index (χ0v) is 11.6. The molecule has 2 aromatic carbocycles. The topological polar surface area (TPSA) is 38.9 Å². The Hall–Kier alpha value is -2.19. The number of hydrogen-bond acceptors (Lipinski definition) is 2. The first-order chi connectivity index (χ1) is 9.74. The molecule has 0 bridgehead atoms. The SMILES string of the molecule is Cc1ccncc1C(N)Cc1ccc2ccccc2c1. The van der Waals surface area contributed by atoms with Crippen molar-refractivity contribution in [2.75, 3.05) is 0 Å². The molecule has 0 radical (unpaired) electrons. The minimum Gasteiger partial charge on any atom is -0.324 e. The second-order valence-electron chi connectivity index (χ2n) is 5.22. The number of pyridine rings is 1. The molecule has 0 aliphatic carbocycles. The van der Waals surface area contributed by atoms with Gasteiger partial charge in [-0.2, -0.15) is 0 Å². The molecule has 3 aromatic rings. The quantitative estimate of drug-likeness (QED) is 0.780. The number of benzene rings is 2. The van der Waals surface area contributed by atoms with E-state index in [1.54, 1.807) is 0 Å². The molecule has 0 saturated heterocycles. The smallest absolute Gasteiger partial charge is 0.0353 e. The van der Waals surface area contributed by atoms with E-state index < -0.39 is 0 Å². The van der Waals surface area contributed by atoms with Crippen molar-refractivity contribution in [3.63, 3.8) is 0 Å². The normalized spacial score (nSPS) is 12.5. The van der Waals surface area contributed by atoms with Crippen molar-refractivity contribution in [2.24, 2.45) is 5.73 Å². The van der Waals surface area contributed by atoms with E-state index >= 15 is 0 Å². The molecule has 1 heterocycles. The van der Waals surface area contributed by atoms with Crippen LogP contribution in [0.3, 0.4) is 0 Å². The number of rotatable bonds is 3. The minimum absolute atomic E-state index is 0.00939. The van der Waals surface area contributed by atoms with Gasteiger partial charge in [0.1, 0.15) is 0 Å². The van der Waals surface area contributed by atoms with Gasteiger partial charge in [0.05, 0.1) is 0 Å². The molecule has 100 valence electrons. The van der Waals surface area contributed by atoms with Crippen molar-refractivity contribution in [2.45, 2.75) is 19.4 Å². The first kappa shape index (κ1) is 12.8. The third kappa shape index (κ3) is 2.56. The lowest BCUT2D eigenvalue weighted by molar-refractivity contribution is 0.713. The lowest BCUT2D eigenvalue weighted by Crippen LogP contribution is -2.14. The molecule has 0 spiro atoms. The fourth-order valence-electron chi connectivity index (χ4n) is 2.59. The summed E-state index contributed by atoms with van der Waals surface area (Å²) in [5.41, 5.74) is 9.92. The number of fused-ring (bicyclic) bond motifs is 1. The number of nitrogens with zero attached hydrogens (tertiary/aromatic N) is 1. The van der Waals surface area contributed by atoms with Crippen LogP contribution in [0, 0.1) is 6.92 Å². The molecule has 2 N–H and O–H groups in total. The Labute approximate surface area is 119 Å². The number of aryl methyl sites for hydroxylation is 1. The Morgan fingerprint density at radius 3 is 2.65 bits per heavy atom. The summed E-state index contributed by atoms with van der Waals surface area (Å²) >= 11 is 0. The van der Waals surface area contributed by atoms with Gasteiger partial charge in [-0.15, -0.1) is 0 Å². The summed E-state index contributed by atoms with van der Waals surface area (Å²) in [6.07, 6.45) is 4.51. The molecule has 0 amide bonds. The Morgan fingerprint density at radius 1 is 1.05 bits per heavy atom. The fourth-order valence-corrected chi connectivity index (χ4v) is 2.59. The summed E-state index contributed by atoms with van der Waals surface area (Å²) in [5.74, 6) is 0. The summed E-state index contributed by atoms with van der Waals surface area (Å²) in [6.45, 7) is 2.08. The van der Waals surface area contributed by atoms with Gasteiger partial charge in [0, 0.05) is 18.4 Å². The zero-order valence-electron chi connectivity index (χ0n) is 11.6. The molecule has 0 fully saturated rings. The van der Waals surface area contributed by atoms with E-state index in [1.807, 2.05) is 18.5 Å². The van der Waals surface area contributed by atoms with E-state index in [9.17, 15) is 0 Å². The molecular formula is C18H18N2. The van der Waals surface area contributed by atoms with Crippen LogP contribution in [-0.4, -0.2) is 4.98 Å². The van der Waals surface area contributed by atoms with Crippen LogP contribution in [0.2, 0.25) is 0 Å². The third-order valence-corrected chi connectivity index (χ3v) is 3.75.